The van der Waals surface area contributed by atoms with Gasteiger partial charge in [0.1, 0.15) is 0 Å². The van der Waals surface area contributed by atoms with E-state index in [1.165, 1.54) is 16.7 Å². The zero-order valence-corrected chi connectivity index (χ0v) is 7.39. The summed E-state index contributed by atoms with van der Waals surface area (Å²) >= 11 is 0. The minimum atomic E-state index is 1.32. The predicted molar refractivity (Wildman–Crippen MR) is 50.4 cm³/mol. The first-order chi connectivity index (χ1) is 5.18. The van der Waals surface area contributed by atoms with E-state index in [-0.39, 0.29) is 0 Å². The van der Waals surface area contributed by atoms with Gasteiger partial charge in [-0.05, 0) is 26.3 Å². The minimum Gasteiger partial charge on any atom is -0.0762 e. The van der Waals surface area contributed by atoms with Crippen molar-refractivity contribution in [3.63, 3.8) is 0 Å². The Morgan fingerprint density at radius 3 is 2.27 bits per heavy atom. The Morgan fingerprint density at radius 1 is 1.27 bits per heavy atom. The van der Waals surface area contributed by atoms with E-state index in [1.807, 2.05) is 0 Å². The van der Waals surface area contributed by atoms with Gasteiger partial charge in [-0.3, -0.25) is 0 Å². The fraction of sp³-hybridized carbons (Fsp3) is 0.273. The molecule has 0 amide bonds. The topological polar surface area (TPSA) is 0 Å². The van der Waals surface area contributed by atoms with E-state index < -0.39 is 0 Å². The highest BCUT2D eigenvalue weighted by molar-refractivity contribution is 5.46. The number of hydrogen-bond acceptors (Lipinski definition) is 0. The van der Waals surface area contributed by atoms with Gasteiger partial charge in [-0.25, -0.2) is 0 Å². The normalized spacial score (nSPS) is 15.5. The Hall–Kier alpha value is -1.04. The van der Waals surface area contributed by atoms with Crippen LogP contribution in [0.15, 0.2) is 47.1 Å². The van der Waals surface area contributed by atoms with Crippen LogP contribution in [0.1, 0.15) is 20.8 Å². The van der Waals surface area contributed by atoms with E-state index in [0.717, 1.165) is 0 Å². The van der Waals surface area contributed by atoms with Crippen molar-refractivity contribution in [1.29, 1.82) is 0 Å². The molecule has 1 aliphatic rings. The quantitative estimate of drug-likeness (QED) is 0.524. The zero-order chi connectivity index (χ0) is 8.27. The van der Waals surface area contributed by atoms with Gasteiger partial charge >= 0.3 is 0 Å². The highest BCUT2D eigenvalue weighted by atomic mass is 14.0. The maximum atomic E-state index is 2.19. The Labute approximate surface area is 68.6 Å². The second-order valence-electron chi connectivity index (χ2n) is 3.14. The van der Waals surface area contributed by atoms with Gasteiger partial charge in [0.15, 0.2) is 0 Å². The van der Waals surface area contributed by atoms with E-state index in [0.29, 0.717) is 0 Å². The predicted octanol–water partition coefficient (Wildman–Crippen LogP) is 3.40. The van der Waals surface area contributed by atoms with Crippen molar-refractivity contribution >= 4 is 0 Å². The molecule has 0 bridgehead atoms. The third-order valence-electron chi connectivity index (χ3n) is 1.49. The maximum absolute atomic E-state index is 2.19. The highest BCUT2D eigenvalue weighted by Gasteiger charge is 1.92. The summed E-state index contributed by atoms with van der Waals surface area (Å²) in [6.45, 7) is 6.35. The molecule has 0 saturated carbocycles. The van der Waals surface area contributed by atoms with Crippen LogP contribution >= 0.6 is 0 Å². The van der Waals surface area contributed by atoms with Crippen LogP contribution in [0.3, 0.4) is 0 Å². The lowest BCUT2D eigenvalue weighted by Gasteiger charge is -2.01. The molecule has 1 aliphatic carbocycles. The van der Waals surface area contributed by atoms with Gasteiger partial charge in [0.25, 0.3) is 0 Å². The lowest BCUT2D eigenvalue weighted by molar-refractivity contribution is 1.34. The summed E-state index contributed by atoms with van der Waals surface area (Å²) in [5, 5.41) is 0. The molecule has 0 unspecified atom stereocenters. The molecule has 0 spiro atoms. The first kappa shape index (κ1) is 8.06. The van der Waals surface area contributed by atoms with Crippen LogP contribution < -0.4 is 0 Å². The molecule has 0 aliphatic heterocycles. The van der Waals surface area contributed by atoms with Crippen molar-refractivity contribution in [2.45, 2.75) is 20.8 Å². The fourth-order valence-electron chi connectivity index (χ4n) is 1.06. The third kappa shape index (κ3) is 2.58. The van der Waals surface area contributed by atoms with Crippen LogP contribution in [-0.2, 0) is 0 Å². The average Bonchev–Trinajstić information content (AvgIpc) is 1.77. The monoisotopic (exact) mass is 146 g/mol. The first-order valence-corrected chi connectivity index (χ1v) is 3.90. The summed E-state index contributed by atoms with van der Waals surface area (Å²) < 4.78 is 0. The van der Waals surface area contributed by atoms with E-state index in [1.54, 1.807) is 0 Å². The SMILES string of the molecule is CC(C)=CC(C)=CC1=CC=C1. The second-order valence-corrected chi connectivity index (χ2v) is 3.14. The average molecular weight is 146 g/mol. The molecule has 0 heteroatoms. The van der Waals surface area contributed by atoms with Crippen molar-refractivity contribution in [3.05, 3.63) is 47.1 Å². The van der Waals surface area contributed by atoms with Gasteiger partial charge < -0.3 is 0 Å². The summed E-state index contributed by atoms with van der Waals surface area (Å²) in [7, 11) is 0. The lowest BCUT2D eigenvalue weighted by Crippen LogP contribution is -1.81. The molecule has 0 aromatic carbocycles. The smallest absolute Gasteiger partial charge is 0.0254 e. The van der Waals surface area contributed by atoms with Crippen molar-refractivity contribution in [2.24, 2.45) is 0 Å². The number of rotatable bonds is 2. The second kappa shape index (κ2) is 3.38. The molecular weight excluding hydrogens is 132 g/mol. The summed E-state index contributed by atoms with van der Waals surface area (Å²) in [5.41, 5.74) is 3.99. The van der Waals surface area contributed by atoms with Gasteiger partial charge in [0.2, 0.25) is 0 Å². The Kier molecular flexibility index (Phi) is 2.48. The lowest BCUT2D eigenvalue weighted by atomic mass is 10.0. The maximum Gasteiger partial charge on any atom is -0.0254 e. The van der Waals surface area contributed by atoms with Crippen LogP contribution in [0.2, 0.25) is 0 Å². The summed E-state index contributed by atoms with van der Waals surface area (Å²) in [6, 6.07) is 0. The standard InChI is InChI=1S/C11H14/c1-9(2)7-10(3)8-11-5-4-6-11/h4-8H,1-3H3. The third-order valence-corrected chi connectivity index (χ3v) is 1.49. The van der Waals surface area contributed by atoms with Crippen LogP contribution in [-0.4, -0.2) is 0 Å². The molecule has 0 atom stereocenters. The van der Waals surface area contributed by atoms with Gasteiger partial charge in [-0.2, -0.15) is 0 Å². The Morgan fingerprint density at radius 2 is 1.91 bits per heavy atom. The van der Waals surface area contributed by atoms with Crippen LogP contribution in [0.5, 0.6) is 0 Å². The molecule has 0 aromatic heterocycles. The van der Waals surface area contributed by atoms with Crippen LogP contribution in [0.25, 0.3) is 0 Å². The molecule has 0 radical (unpaired) electrons. The van der Waals surface area contributed by atoms with Crippen LogP contribution in [0, 0.1) is 0 Å². The van der Waals surface area contributed by atoms with Gasteiger partial charge in [0, 0.05) is 0 Å². The number of allylic oxidation sites excluding steroid dienone is 8. The van der Waals surface area contributed by atoms with Crippen molar-refractivity contribution in [3.8, 4) is 0 Å². The number of hydrogen-bond donors (Lipinski definition) is 0. The van der Waals surface area contributed by atoms with Gasteiger partial charge in [0.05, 0.1) is 0 Å². The highest BCUT2D eigenvalue weighted by Crippen LogP contribution is 2.12. The van der Waals surface area contributed by atoms with E-state index in [9.17, 15) is 0 Å². The summed E-state index contributed by atoms with van der Waals surface area (Å²) in [4.78, 5) is 0. The molecule has 1 rings (SSSR count). The largest absolute Gasteiger partial charge is 0.0762 e. The van der Waals surface area contributed by atoms with E-state index >= 15 is 0 Å². The fourth-order valence-corrected chi connectivity index (χ4v) is 1.06. The van der Waals surface area contributed by atoms with Crippen molar-refractivity contribution < 1.29 is 0 Å². The molecule has 0 nitrogen and oxygen atoms in total. The Balaban J connectivity index is 2.59. The molecule has 0 N–H and O–H groups in total. The van der Waals surface area contributed by atoms with Gasteiger partial charge in [-0.1, -0.05) is 41.5 Å². The molecule has 0 fully saturated rings. The molecular formula is C11H14. The molecule has 58 valence electrons. The molecule has 0 saturated heterocycles. The molecule has 11 heavy (non-hydrogen) atoms. The van der Waals surface area contributed by atoms with Crippen LogP contribution in [0.4, 0.5) is 0 Å². The Bertz CT molecular complexity index is 256. The zero-order valence-electron chi connectivity index (χ0n) is 7.39. The molecule has 0 aromatic rings. The van der Waals surface area contributed by atoms with Gasteiger partial charge in [-0.15, -0.1) is 0 Å². The van der Waals surface area contributed by atoms with E-state index in [2.05, 4.69) is 51.2 Å². The first-order valence-electron chi connectivity index (χ1n) is 3.90. The molecule has 0 heterocycles. The van der Waals surface area contributed by atoms with Crippen molar-refractivity contribution in [2.75, 3.05) is 0 Å². The van der Waals surface area contributed by atoms with E-state index in [4.69, 9.17) is 0 Å². The minimum absolute atomic E-state index is 1.32. The summed E-state index contributed by atoms with van der Waals surface area (Å²) in [5.74, 6) is 0. The van der Waals surface area contributed by atoms with Crippen molar-refractivity contribution in [1.82, 2.24) is 0 Å². The summed E-state index contributed by atoms with van der Waals surface area (Å²) in [6.07, 6.45) is 10.7.